The summed E-state index contributed by atoms with van der Waals surface area (Å²) in [4.78, 5) is 42.8. The Morgan fingerprint density at radius 3 is 2.44 bits per heavy atom. The Morgan fingerprint density at radius 2 is 1.85 bits per heavy atom. The molecule has 0 radical (unpaired) electrons. The Labute approximate surface area is 201 Å². The van der Waals surface area contributed by atoms with E-state index < -0.39 is 35.1 Å². The molecule has 1 spiro atoms. The Bertz CT molecular complexity index is 953. The number of carbonyl (C=O) groups is 3. The minimum atomic E-state index is -1.09. The molecule has 3 aliphatic heterocycles. The molecule has 1 aromatic rings. The molecule has 3 heterocycles. The van der Waals surface area contributed by atoms with Crippen LogP contribution in [0.15, 0.2) is 30.3 Å². The van der Waals surface area contributed by atoms with Crippen molar-refractivity contribution in [2.75, 3.05) is 11.9 Å². The van der Waals surface area contributed by atoms with E-state index >= 15 is 0 Å². The van der Waals surface area contributed by atoms with Crippen LogP contribution in [-0.4, -0.2) is 63.7 Å². The first-order valence-electron chi connectivity index (χ1n) is 12.4. The number of amides is 3. The molecule has 3 amide bonds. The maximum atomic E-state index is 14.1. The van der Waals surface area contributed by atoms with Gasteiger partial charge in [0, 0.05) is 11.7 Å². The number of para-hydroxylation sites is 1. The van der Waals surface area contributed by atoms with Crippen molar-refractivity contribution in [3.8, 4) is 0 Å². The lowest BCUT2D eigenvalue weighted by Gasteiger charge is -2.39. The molecule has 0 aliphatic carbocycles. The quantitative estimate of drug-likeness (QED) is 0.539. The van der Waals surface area contributed by atoms with Gasteiger partial charge in [0.25, 0.3) is 0 Å². The molecule has 0 saturated carbocycles. The van der Waals surface area contributed by atoms with E-state index in [2.05, 4.69) is 10.6 Å². The fourth-order valence-electron chi connectivity index (χ4n) is 6.34. The number of fused-ring (bicyclic) bond motifs is 1. The van der Waals surface area contributed by atoms with Crippen molar-refractivity contribution in [2.45, 2.75) is 83.2 Å². The smallest absolute Gasteiger partial charge is 0.246 e. The van der Waals surface area contributed by atoms with Gasteiger partial charge in [-0.25, -0.2) is 0 Å². The number of rotatable bonds is 8. The van der Waals surface area contributed by atoms with Crippen LogP contribution in [0.4, 0.5) is 5.69 Å². The highest BCUT2D eigenvalue weighted by Crippen LogP contribution is 2.63. The van der Waals surface area contributed by atoms with Crippen molar-refractivity contribution in [3.05, 3.63) is 30.3 Å². The zero-order chi connectivity index (χ0) is 24.8. The van der Waals surface area contributed by atoms with Crippen LogP contribution in [0.3, 0.4) is 0 Å². The maximum absolute atomic E-state index is 14.1. The Balaban J connectivity index is 1.77. The first-order chi connectivity index (χ1) is 16.1. The molecule has 2 unspecified atom stereocenters. The molecule has 2 bridgehead atoms. The van der Waals surface area contributed by atoms with Crippen LogP contribution in [0.1, 0.15) is 53.9 Å². The van der Waals surface area contributed by atoms with E-state index in [4.69, 9.17) is 4.74 Å². The van der Waals surface area contributed by atoms with Gasteiger partial charge in [-0.05, 0) is 51.7 Å². The number of nitrogens with zero attached hydrogens (tertiary/aromatic N) is 1. The summed E-state index contributed by atoms with van der Waals surface area (Å²) >= 11 is 0. The summed E-state index contributed by atoms with van der Waals surface area (Å²) in [7, 11) is 0. The minimum absolute atomic E-state index is 0.0251. The predicted octanol–water partition coefficient (Wildman–Crippen LogP) is 2.32. The van der Waals surface area contributed by atoms with Crippen molar-refractivity contribution in [3.63, 3.8) is 0 Å². The van der Waals surface area contributed by atoms with Crippen LogP contribution in [0.5, 0.6) is 0 Å². The van der Waals surface area contributed by atoms with Gasteiger partial charge in [0.05, 0.1) is 30.1 Å². The predicted molar refractivity (Wildman–Crippen MR) is 128 cm³/mol. The third kappa shape index (κ3) is 3.71. The van der Waals surface area contributed by atoms with E-state index in [1.54, 1.807) is 17.0 Å². The lowest BCUT2D eigenvalue weighted by Crippen LogP contribution is -2.59. The summed E-state index contributed by atoms with van der Waals surface area (Å²) in [6.45, 7) is 9.33. The number of likely N-dealkylation sites (tertiary alicyclic amines) is 1. The monoisotopic (exact) mass is 471 g/mol. The van der Waals surface area contributed by atoms with Crippen LogP contribution in [-0.2, 0) is 19.1 Å². The fraction of sp³-hybridized carbons (Fsp3) is 0.654. The summed E-state index contributed by atoms with van der Waals surface area (Å²) in [5.74, 6) is -2.38. The van der Waals surface area contributed by atoms with Crippen LogP contribution in [0, 0.1) is 17.8 Å². The molecule has 7 atom stereocenters. The van der Waals surface area contributed by atoms with Crippen molar-refractivity contribution >= 4 is 23.4 Å². The molecule has 3 N–H and O–H groups in total. The first-order valence-corrected chi connectivity index (χ1v) is 12.4. The number of nitrogens with one attached hydrogen (secondary N) is 2. The molecule has 3 saturated heterocycles. The van der Waals surface area contributed by atoms with E-state index in [1.807, 2.05) is 52.8 Å². The maximum Gasteiger partial charge on any atom is 0.246 e. The zero-order valence-electron chi connectivity index (χ0n) is 20.7. The molecule has 34 heavy (non-hydrogen) atoms. The highest BCUT2D eigenvalue weighted by Gasteiger charge is 2.78. The summed E-state index contributed by atoms with van der Waals surface area (Å²) in [5, 5.41) is 16.2. The van der Waals surface area contributed by atoms with E-state index in [0.717, 1.165) is 6.42 Å². The average Bonchev–Trinajstić information content (AvgIpc) is 3.35. The number of carbonyl (C=O) groups excluding carboxylic acids is 3. The zero-order valence-corrected chi connectivity index (χ0v) is 20.7. The summed E-state index contributed by atoms with van der Waals surface area (Å²) in [5.41, 5.74) is -1.28. The Hall–Kier alpha value is -2.45. The molecule has 8 heteroatoms. The van der Waals surface area contributed by atoms with E-state index in [9.17, 15) is 19.5 Å². The second-order valence-corrected chi connectivity index (χ2v) is 10.6. The minimum Gasteiger partial charge on any atom is -0.394 e. The van der Waals surface area contributed by atoms with Gasteiger partial charge in [-0.1, -0.05) is 38.5 Å². The van der Waals surface area contributed by atoms with Gasteiger partial charge < -0.3 is 25.4 Å². The van der Waals surface area contributed by atoms with E-state index in [-0.39, 0.29) is 36.3 Å². The molecule has 4 rings (SSSR count). The molecule has 1 aromatic carbocycles. The largest absolute Gasteiger partial charge is 0.394 e. The van der Waals surface area contributed by atoms with Gasteiger partial charge in [-0.3, -0.25) is 14.4 Å². The second-order valence-electron chi connectivity index (χ2n) is 10.6. The first kappa shape index (κ1) is 24.7. The third-order valence-electron chi connectivity index (χ3n) is 8.06. The van der Waals surface area contributed by atoms with Crippen LogP contribution < -0.4 is 10.6 Å². The van der Waals surface area contributed by atoms with Crippen LogP contribution in [0.25, 0.3) is 0 Å². The topological polar surface area (TPSA) is 108 Å². The van der Waals surface area contributed by atoms with Gasteiger partial charge in [-0.2, -0.15) is 0 Å². The number of hydrogen-bond donors (Lipinski definition) is 3. The summed E-state index contributed by atoms with van der Waals surface area (Å²) < 4.78 is 6.60. The highest BCUT2D eigenvalue weighted by atomic mass is 16.5. The Morgan fingerprint density at radius 1 is 1.18 bits per heavy atom. The van der Waals surface area contributed by atoms with Crippen LogP contribution in [0.2, 0.25) is 0 Å². The molecule has 8 nitrogen and oxygen atoms in total. The standard InChI is InChI=1S/C26H37N3O5/c1-6-16(4)18(14-30)29-21(23(32)27-15(2)3)26-13-12-25(5,34-26)19(20(26)24(29)33)22(31)28-17-10-8-7-9-11-17/h7-11,15-16,18-21,30H,6,12-14H2,1-5H3,(H,27,32)(H,28,31)/t16-,18-,19-,20-,21?,25+,26?/m0/s1. The fourth-order valence-corrected chi connectivity index (χ4v) is 6.34. The molecule has 186 valence electrons. The molecular formula is C26H37N3O5. The molecule has 0 aromatic heterocycles. The van der Waals surface area contributed by atoms with E-state index in [0.29, 0.717) is 18.5 Å². The van der Waals surface area contributed by atoms with Crippen molar-refractivity contribution < 1.29 is 24.2 Å². The van der Waals surface area contributed by atoms with Gasteiger partial charge >= 0.3 is 0 Å². The SMILES string of the molecule is CC[C@H](C)[C@H](CO)N1C(=O)[C@@H]2[C@@H](C(=O)Nc3ccccc3)[C@@]3(C)CCC2(O3)C1C(=O)NC(C)C. The molecule has 3 aliphatic rings. The number of anilines is 1. The molecule has 3 fully saturated rings. The molecular weight excluding hydrogens is 434 g/mol. The number of ether oxygens (including phenoxy) is 1. The third-order valence-corrected chi connectivity index (χ3v) is 8.06. The van der Waals surface area contributed by atoms with Crippen LogP contribution >= 0.6 is 0 Å². The van der Waals surface area contributed by atoms with Crippen molar-refractivity contribution in [2.24, 2.45) is 17.8 Å². The van der Waals surface area contributed by atoms with Crippen molar-refractivity contribution in [1.82, 2.24) is 10.2 Å². The Kier molecular flexibility index (Phi) is 6.50. The second kappa shape index (κ2) is 8.96. The summed E-state index contributed by atoms with van der Waals surface area (Å²) in [6.07, 6.45) is 1.83. The van der Waals surface area contributed by atoms with Gasteiger partial charge in [0.1, 0.15) is 11.6 Å². The van der Waals surface area contributed by atoms with Gasteiger partial charge in [0.15, 0.2) is 0 Å². The van der Waals surface area contributed by atoms with Gasteiger partial charge in [0.2, 0.25) is 17.7 Å². The average molecular weight is 472 g/mol. The number of benzene rings is 1. The highest BCUT2D eigenvalue weighted by molar-refractivity contribution is 6.02. The number of hydrogen-bond acceptors (Lipinski definition) is 5. The normalized spacial score (nSPS) is 33.7. The summed E-state index contributed by atoms with van der Waals surface area (Å²) in [6, 6.07) is 7.59. The lowest BCUT2D eigenvalue weighted by atomic mass is 9.66. The number of aliphatic hydroxyl groups is 1. The van der Waals surface area contributed by atoms with Crippen molar-refractivity contribution in [1.29, 1.82) is 0 Å². The van der Waals surface area contributed by atoms with E-state index in [1.165, 1.54) is 0 Å². The number of aliphatic hydroxyl groups excluding tert-OH is 1. The lowest BCUT2D eigenvalue weighted by molar-refractivity contribution is -0.150. The van der Waals surface area contributed by atoms with Gasteiger partial charge in [-0.15, -0.1) is 0 Å².